The average Bonchev–Trinajstić information content (AvgIpc) is 3.32. The van der Waals surface area contributed by atoms with Crippen molar-refractivity contribution in [2.75, 3.05) is 13.7 Å². The van der Waals surface area contributed by atoms with Gasteiger partial charge >= 0.3 is 5.97 Å². The lowest BCUT2D eigenvalue weighted by molar-refractivity contribution is -0.142. The van der Waals surface area contributed by atoms with Crippen LogP contribution in [0.4, 0.5) is 0 Å². The van der Waals surface area contributed by atoms with E-state index in [9.17, 15) is 14.4 Å². The van der Waals surface area contributed by atoms with Crippen LogP contribution in [0.15, 0.2) is 72.8 Å². The van der Waals surface area contributed by atoms with Crippen LogP contribution in [0.25, 0.3) is 11.0 Å². The predicted molar refractivity (Wildman–Crippen MR) is 153 cm³/mol. The number of nitrogens with zero attached hydrogens (tertiary/aromatic N) is 4. The summed E-state index contributed by atoms with van der Waals surface area (Å²) in [6.07, 6.45) is 0.547. The third kappa shape index (κ3) is 6.91. The molecule has 0 unspecified atom stereocenters. The minimum atomic E-state index is -0.946. The maximum Gasteiger partial charge on any atom is 0.337 e. The quantitative estimate of drug-likeness (QED) is 0.318. The first-order valence-electron chi connectivity index (χ1n) is 13.2. The Hall–Kier alpha value is -4.53. The van der Waals surface area contributed by atoms with Crippen LogP contribution in [0, 0.1) is 6.92 Å². The monoisotopic (exact) mass is 541 g/mol. The molecule has 0 bridgehead atoms. The van der Waals surface area contributed by atoms with Crippen LogP contribution in [-0.2, 0) is 27.3 Å². The van der Waals surface area contributed by atoms with Crippen LogP contribution >= 0.6 is 0 Å². The molecule has 40 heavy (non-hydrogen) atoms. The van der Waals surface area contributed by atoms with E-state index in [0.717, 1.165) is 16.6 Å². The summed E-state index contributed by atoms with van der Waals surface area (Å²) in [6, 6.07) is 21.1. The standard InChI is InChI=1S/C31H35N5O4/c1-21-9-8-10-22(19-21)17-18-35(27(37)20-36-26-12-7-6-11-25(26)33-34-36)28(29(38)32-31(2,3)4)23-13-15-24(16-14-23)30(39)40-5/h6-16,19,28H,17-18,20H2,1-5H3,(H,32,38)/t28-/m0/s1. The largest absolute Gasteiger partial charge is 0.465 e. The SMILES string of the molecule is COC(=O)c1ccc([C@@H](C(=O)NC(C)(C)C)N(CCc2cccc(C)c2)C(=O)Cn2nnc3ccccc32)cc1. The van der Waals surface area contributed by atoms with Crippen molar-refractivity contribution in [3.8, 4) is 0 Å². The van der Waals surface area contributed by atoms with Crippen LogP contribution < -0.4 is 5.32 Å². The molecule has 2 amide bonds. The summed E-state index contributed by atoms with van der Waals surface area (Å²) in [5.41, 5.74) is 3.98. The molecule has 1 atom stereocenters. The fourth-order valence-electron chi connectivity index (χ4n) is 4.60. The molecule has 1 aromatic heterocycles. The highest BCUT2D eigenvalue weighted by Crippen LogP contribution is 2.25. The summed E-state index contributed by atoms with van der Waals surface area (Å²) >= 11 is 0. The van der Waals surface area contributed by atoms with E-state index in [-0.39, 0.29) is 24.9 Å². The van der Waals surface area contributed by atoms with E-state index in [2.05, 4.69) is 21.7 Å². The number of amides is 2. The Morgan fingerprint density at radius 3 is 2.40 bits per heavy atom. The Morgan fingerprint density at radius 1 is 1.00 bits per heavy atom. The van der Waals surface area contributed by atoms with E-state index >= 15 is 0 Å². The number of nitrogens with one attached hydrogen (secondary N) is 1. The Kier molecular flexibility index (Phi) is 8.62. The highest BCUT2D eigenvalue weighted by atomic mass is 16.5. The Morgan fingerprint density at radius 2 is 1.73 bits per heavy atom. The Bertz CT molecular complexity index is 1500. The van der Waals surface area contributed by atoms with E-state index in [1.54, 1.807) is 33.8 Å². The fourth-order valence-corrected chi connectivity index (χ4v) is 4.60. The van der Waals surface area contributed by atoms with Crippen molar-refractivity contribution in [1.29, 1.82) is 0 Å². The third-order valence-electron chi connectivity index (χ3n) is 6.46. The van der Waals surface area contributed by atoms with Crippen molar-refractivity contribution in [3.63, 3.8) is 0 Å². The van der Waals surface area contributed by atoms with Gasteiger partial charge in [0.15, 0.2) is 0 Å². The first-order valence-corrected chi connectivity index (χ1v) is 13.2. The third-order valence-corrected chi connectivity index (χ3v) is 6.46. The van der Waals surface area contributed by atoms with Crippen molar-refractivity contribution in [1.82, 2.24) is 25.2 Å². The van der Waals surface area contributed by atoms with Gasteiger partial charge < -0.3 is 15.0 Å². The molecule has 1 N–H and O–H groups in total. The zero-order valence-corrected chi connectivity index (χ0v) is 23.5. The number of methoxy groups -OCH3 is 1. The molecule has 0 aliphatic rings. The van der Waals surface area contributed by atoms with Crippen LogP contribution in [0.3, 0.4) is 0 Å². The van der Waals surface area contributed by atoms with Crippen LogP contribution in [0.1, 0.15) is 53.9 Å². The molecule has 3 aromatic carbocycles. The van der Waals surface area contributed by atoms with Gasteiger partial charge in [0.1, 0.15) is 18.1 Å². The second-order valence-electron chi connectivity index (χ2n) is 10.8. The first-order chi connectivity index (χ1) is 19.1. The van der Waals surface area contributed by atoms with Gasteiger partial charge in [-0.05, 0) is 69.5 Å². The number of aromatic nitrogens is 3. The minimum absolute atomic E-state index is 0.0894. The average molecular weight is 542 g/mol. The van der Waals surface area contributed by atoms with Gasteiger partial charge in [0, 0.05) is 12.1 Å². The number of hydrogen-bond acceptors (Lipinski definition) is 6. The summed E-state index contributed by atoms with van der Waals surface area (Å²) in [5.74, 6) is -1.08. The van der Waals surface area contributed by atoms with E-state index in [1.165, 1.54) is 7.11 Å². The minimum Gasteiger partial charge on any atom is -0.465 e. The molecule has 0 aliphatic carbocycles. The number of carbonyl (C=O) groups is 3. The number of ether oxygens (including phenoxy) is 1. The highest BCUT2D eigenvalue weighted by Gasteiger charge is 2.33. The van der Waals surface area contributed by atoms with E-state index in [4.69, 9.17) is 4.74 Å². The maximum absolute atomic E-state index is 14.0. The number of fused-ring (bicyclic) bond motifs is 1. The van der Waals surface area contributed by atoms with Gasteiger partial charge in [0.25, 0.3) is 0 Å². The molecule has 4 aromatic rings. The predicted octanol–water partition coefficient (Wildman–Crippen LogP) is 4.25. The number of benzene rings is 3. The molecular formula is C31H35N5O4. The van der Waals surface area contributed by atoms with Crippen molar-refractivity contribution >= 4 is 28.8 Å². The van der Waals surface area contributed by atoms with Gasteiger partial charge in [0.05, 0.1) is 18.2 Å². The van der Waals surface area contributed by atoms with Crippen molar-refractivity contribution in [2.45, 2.75) is 52.2 Å². The molecule has 0 aliphatic heterocycles. The lowest BCUT2D eigenvalue weighted by Crippen LogP contribution is -2.50. The normalized spacial score (nSPS) is 12.1. The molecule has 0 saturated carbocycles. The Labute approximate surface area is 234 Å². The first kappa shape index (κ1) is 28.5. The lowest BCUT2D eigenvalue weighted by Gasteiger charge is -2.34. The zero-order chi connectivity index (χ0) is 28.9. The van der Waals surface area contributed by atoms with Crippen molar-refractivity contribution < 1.29 is 19.1 Å². The molecule has 1 heterocycles. The van der Waals surface area contributed by atoms with Gasteiger partial charge in [-0.2, -0.15) is 0 Å². The molecule has 4 rings (SSSR count). The summed E-state index contributed by atoms with van der Waals surface area (Å²) in [7, 11) is 1.31. The second kappa shape index (κ2) is 12.1. The topological polar surface area (TPSA) is 106 Å². The molecular weight excluding hydrogens is 506 g/mol. The fraction of sp³-hybridized carbons (Fsp3) is 0.323. The molecule has 0 saturated heterocycles. The van der Waals surface area contributed by atoms with Gasteiger partial charge in [-0.15, -0.1) is 5.10 Å². The molecule has 9 nitrogen and oxygen atoms in total. The molecule has 208 valence electrons. The summed E-state index contributed by atoms with van der Waals surface area (Å²) in [4.78, 5) is 41.5. The molecule has 9 heteroatoms. The van der Waals surface area contributed by atoms with Gasteiger partial charge in [0.2, 0.25) is 11.8 Å². The van der Waals surface area contributed by atoms with Gasteiger partial charge in [-0.1, -0.05) is 59.3 Å². The summed E-state index contributed by atoms with van der Waals surface area (Å²) < 4.78 is 6.38. The molecule has 0 spiro atoms. The maximum atomic E-state index is 14.0. The van der Waals surface area contributed by atoms with Gasteiger partial charge in [-0.25, -0.2) is 9.48 Å². The number of rotatable bonds is 9. The number of hydrogen-bond donors (Lipinski definition) is 1. The smallest absolute Gasteiger partial charge is 0.337 e. The van der Waals surface area contributed by atoms with Crippen LogP contribution in [0.2, 0.25) is 0 Å². The summed E-state index contributed by atoms with van der Waals surface area (Å²) in [6.45, 7) is 7.89. The van der Waals surface area contributed by atoms with E-state index < -0.39 is 17.6 Å². The second-order valence-corrected chi connectivity index (χ2v) is 10.8. The number of para-hydroxylation sites is 1. The van der Waals surface area contributed by atoms with E-state index in [1.807, 2.05) is 70.2 Å². The Balaban J connectivity index is 1.74. The van der Waals surface area contributed by atoms with Crippen molar-refractivity contribution in [2.24, 2.45) is 0 Å². The number of aryl methyl sites for hydroxylation is 1. The molecule has 0 fully saturated rings. The van der Waals surface area contributed by atoms with Crippen molar-refractivity contribution in [3.05, 3.63) is 95.1 Å². The lowest BCUT2D eigenvalue weighted by atomic mass is 9.99. The van der Waals surface area contributed by atoms with E-state index in [0.29, 0.717) is 23.1 Å². The van der Waals surface area contributed by atoms with Gasteiger partial charge in [-0.3, -0.25) is 9.59 Å². The zero-order valence-electron chi connectivity index (χ0n) is 23.5. The number of carbonyl (C=O) groups excluding carboxylic acids is 3. The van der Waals surface area contributed by atoms with Crippen LogP contribution in [0.5, 0.6) is 0 Å². The van der Waals surface area contributed by atoms with Crippen LogP contribution in [-0.4, -0.2) is 56.9 Å². The molecule has 0 radical (unpaired) electrons. The number of esters is 1. The highest BCUT2D eigenvalue weighted by molar-refractivity contribution is 5.91. The summed E-state index contributed by atoms with van der Waals surface area (Å²) in [5, 5.41) is 11.4.